The van der Waals surface area contributed by atoms with Crippen molar-refractivity contribution in [3.05, 3.63) is 89.7 Å². The van der Waals surface area contributed by atoms with Gasteiger partial charge in [-0.1, -0.05) is 57.2 Å². The summed E-state index contributed by atoms with van der Waals surface area (Å²) in [4.78, 5) is -0.342. The van der Waals surface area contributed by atoms with Crippen LogP contribution >= 0.6 is 0 Å². The molecule has 0 saturated carbocycles. The molecule has 0 unspecified atom stereocenters. The number of hydrogen-bond acceptors (Lipinski definition) is 4. The Kier molecular flexibility index (Phi) is 7.17. The van der Waals surface area contributed by atoms with Gasteiger partial charge in [-0.25, -0.2) is 25.9 Å². The van der Waals surface area contributed by atoms with Gasteiger partial charge in [0.15, 0.2) is 0 Å². The molecule has 170 valence electrons. The summed E-state index contributed by atoms with van der Waals surface area (Å²) in [6, 6.07) is 18.1. The lowest BCUT2D eigenvalue weighted by molar-refractivity contribution is 0.572. The Labute approximate surface area is 189 Å². The minimum Gasteiger partial charge on any atom is -0.219 e. The fraction of sp³-hybridized carbons (Fsp3) is 0.250. The Morgan fingerprint density at radius 3 is 2.00 bits per heavy atom. The quantitative estimate of drug-likeness (QED) is 0.472. The average molecular weight is 476 g/mol. The number of halogens is 1. The van der Waals surface area contributed by atoms with Crippen LogP contribution in [0.2, 0.25) is 0 Å². The van der Waals surface area contributed by atoms with Crippen LogP contribution in [0.5, 0.6) is 0 Å². The molecule has 32 heavy (non-hydrogen) atoms. The van der Waals surface area contributed by atoms with E-state index in [1.54, 1.807) is 0 Å². The molecule has 3 aromatic carbocycles. The summed E-state index contributed by atoms with van der Waals surface area (Å²) in [6.45, 7) is 5.76. The largest absolute Gasteiger partial charge is 0.240 e. The first-order valence-corrected chi connectivity index (χ1v) is 13.2. The molecule has 0 radical (unpaired) electrons. The lowest BCUT2D eigenvalue weighted by Crippen LogP contribution is -2.29. The SMILES string of the molecule is CC(C)c1ccc(S(=O)(=O)c2ccc(F)cc2)cc1S(=O)(=O)NC[C@H](C)c1ccccc1. The van der Waals surface area contributed by atoms with Gasteiger partial charge in [0, 0.05) is 6.54 Å². The molecule has 0 heterocycles. The highest BCUT2D eigenvalue weighted by atomic mass is 32.2. The van der Waals surface area contributed by atoms with Gasteiger partial charge >= 0.3 is 0 Å². The van der Waals surface area contributed by atoms with E-state index in [0.717, 1.165) is 29.8 Å². The monoisotopic (exact) mass is 475 g/mol. The van der Waals surface area contributed by atoms with Gasteiger partial charge in [-0.3, -0.25) is 0 Å². The first kappa shape index (κ1) is 24.1. The summed E-state index contributed by atoms with van der Waals surface area (Å²) in [7, 11) is -8.00. The highest BCUT2D eigenvalue weighted by molar-refractivity contribution is 7.91. The molecule has 0 spiro atoms. The van der Waals surface area contributed by atoms with Crippen molar-refractivity contribution in [1.29, 1.82) is 0 Å². The molecular formula is C24H26FNO4S2. The molecule has 3 aromatic rings. The maximum absolute atomic E-state index is 13.2. The summed E-state index contributed by atoms with van der Waals surface area (Å²) >= 11 is 0. The van der Waals surface area contributed by atoms with Crippen molar-refractivity contribution in [1.82, 2.24) is 4.72 Å². The highest BCUT2D eigenvalue weighted by Gasteiger charge is 2.26. The van der Waals surface area contributed by atoms with Crippen molar-refractivity contribution < 1.29 is 21.2 Å². The molecule has 0 aliphatic heterocycles. The fourth-order valence-corrected chi connectivity index (χ4v) is 6.24. The van der Waals surface area contributed by atoms with Crippen molar-refractivity contribution >= 4 is 19.9 Å². The van der Waals surface area contributed by atoms with Gasteiger partial charge < -0.3 is 0 Å². The maximum atomic E-state index is 13.2. The van der Waals surface area contributed by atoms with E-state index in [9.17, 15) is 21.2 Å². The summed E-state index contributed by atoms with van der Waals surface area (Å²) < 4.78 is 68.3. The Hall–Kier alpha value is -2.55. The molecule has 1 atom stereocenters. The normalized spacial score (nSPS) is 13.3. The predicted octanol–water partition coefficient (Wildman–Crippen LogP) is 4.86. The van der Waals surface area contributed by atoms with Crippen LogP contribution in [0.15, 0.2) is 87.5 Å². The third-order valence-electron chi connectivity index (χ3n) is 5.28. The number of benzene rings is 3. The van der Waals surface area contributed by atoms with E-state index in [2.05, 4.69) is 4.72 Å². The molecule has 0 amide bonds. The van der Waals surface area contributed by atoms with Crippen molar-refractivity contribution in [2.75, 3.05) is 6.54 Å². The Morgan fingerprint density at radius 2 is 1.41 bits per heavy atom. The average Bonchev–Trinajstić information content (AvgIpc) is 2.78. The van der Waals surface area contributed by atoms with Gasteiger partial charge in [0.25, 0.3) is 0 Å². The van der Waals surface area contributed by atoms with E-state index in [1.165, 1.54) is 18.2 Å². The molecule has 0 fully saturated rings. The third-order valence-corrected chi connectivity index (χ3v) is 8.53. The summed E-state index contributed by atoms with van der Waals surface area (Å²) in [5.41, 5.74) is 1.51. The molecule has 0 saturated heterocycles. The molecule has 8 heteroatoms. The minimum absolute atomic E-state index is 0.0698. The zero-order valence-corrected chi connectivity index (χ0v) is 19.8. The number of nitrogens with one attached hydrogen (secondary N) is 1. The molecule has 1 N–H and O–H groups in total. The van der Waals surface area contributed by atoms with Crippen LogP contribution in [0.25, 0.3) is 0 Å². The minimum atomic E-state index is -4.01. The lowest BCUT2D eigenvalue weighted by atomic mass is 10.0. The van der Waals surface area contributed by atoms with Crippen LogP contribution in [-0.2, 0) is 19.9 Å². The fourth-order valence-electron chi connectivity index (χ4n) is 3.35. The Balaban J connectivity index is 1.97. The van der Waals surface area contributed by atoms with Crippen LogP contribution in [0, 0.1) is 5.82 Å². The number of rotatable bonds is 8. The van der Waals surface area contributed by atoms with Crippen molar-refractivity contribution in [3.63, 3.8) is 0 Å². The van der Waals surface area contributed by atoms with Crippen molar-refractivity contribution in [3.8, 4) is 0 Å². The van der Waals surface area contributed by atoms with Crippen LogP contribution in [0.1, 0.15) is 43.7 Å². The second-order valence-electron chi connectivity index (χ2n) is 7.98. The standard InChI is InChI=1S/C24H26FNO4S2/c1-17(2)23-14-13-22(31(27,28)21-11-9-20(25)10-12-21)15-24(23)32(29,30)26-16-18(3)19-7-5-4-6-8-19/h4-15,17-18,26H,16H2,1-3H3/t18-/m0/s1. The van der Waals surface area contributed by atoms with E-state index in [-0.39, 0.29) is 33.1 Å². The van der Waals surface area contributed by atoms with Gasteiger partial charge in [-0.15, -0.1) is 0 Å². The van der Waals surface area contributed by atoms with Gasteiger partial charge in [0.05, 0.1) is 14.7 Å². The van der Waals surface area contributed by atoms with Crippen LogP contribution in [0.3, 0.4) is 0 Å². The van der Waals surface area contributed by atoms with E-state index in [1.807, 2.05) is 51.1 Å². The van der Waals surface area contributed by atoms with Crippen LogP contribution in [-0.4, -0.2) is 23.4 Å². The Morgan fingerprint density at radius 1 is 0.812 bits per heavy atom. The van der Waals surface area contributed by atoms with Crippen LogP contribution in [0.4, 0.5) is 4.39 Å². The molecule has 3 rings (SSSR count). The smallest absolute Gasteiger partial charge is 0.219 e. The second kappa shape index (κ2) is 9.52. The maximum Gasteiger partial charge on any atom is 0.240 e. The van der Waals surface area contributed by atoms with Crippen LogP contribution < -0.4 is 4.72 Å². The summed E-state index contributed by atoms with van der Waals surface area (Å²) in [5, 5.41) is 0. The van der Waals surface area contributed by atoms with E-state index < -0.39 is 25.7 Å². The topological polar surface area (TPSA) is 80.3 Å². The first-order chi connectivity index (χ1) is 15.0. The second-order valence-corrected chi connectivity index (χ2v) is 11.7. The number of sulfone groups is 1. The molecule has 0 aliphatic carbocycles. The molecule has 0 aliphatic rings. The van der Waals surface area contributed by atoms with Gasteiger partial charge in [-0.2, -0.15) is 0 Å². The van der Waals surface area contributed by atoms with E-state index >= 15 is 0 Å². The Bertz CT molecular complexity index is 1290. The zero-order valence-electron chi connectivity index (χ0n) is 18.1. The first-order valence-electron chi connectivity index (χ1n) is 10.2. The van der Waals surface area contributed by atoms with E-state index in [0.29, 0.717) is 5.56 Å². The molecule has 0 bridgehead atoms. The van der Waals surface area contributed by atoms with Gasteiger partial charge in [-0.05, 0) is 59.4 Å². The lowest BCUT2D eigenvalue weighted by Gasteiger charge is -2.18. The van der Waals surface area contributed by atoms with Gasteiger partial charge in [0.1, 0.15) is 5.82 Å². The molecular weight excluding hydrogens is 449 g/mol. The number of hydrogen-bond donors (Lipinski definition) is 1. The van der Waals surface area contributed by atoms with E-state index in [4.69, 9.17) is 0 Å². The zero-order chi connectivity index (χ0) is 23.5. The third kappa shape index (κ3) is 5.26. The van der Waals surface area contributed by atoms with Gasteiger partial charge in [0.2, 0.25) is 19.9 Å². The summed E-state index contributed by atoms with van der Waals surface area (Å²) in [5.74, 6) is -0.769. The predicted molar refractivity (Wildman–Crippen MR) is 122 cm³/mol. The number of sulfonamides is 1. The van der Waals surface area contributed by atoms with Crippen molar-refractivity contribution in [2.24, 2.45) is 0 Å². The highest BCUT2D eigenvalue weighted by Crippen LogP contribution is 2.30. The molecule has 0 aromatic heterocycles. The molecule has 5 nitrogen and oxygen atoms in total. The summed E-state index contributed by atoms with van der Waals surface area (Å²) in [6.07, 6.45) is 0. The van der Waals surface area contributed by atoms with Crippen molar-refractivity contribution in [2.45, 2.75) is 47.3 Å².